The van der Waals surface area contributed by atoms with Gasteiger partial charge in [-0.25, -0.2) is 0 Å². The summed E-state index contributed by atoms with van der Waals surface area (Å²) >= 11 is 0. The Morgan fingerprint density at radius 1 is 0.964 bits per heavy atom. The lowest BCUT2D eigenvalue weighted by atomic mass is 9.87. The van der Waals surface area contributed by atoms with Crippen LogP contribution in [0.4, 0.5) is 13.2 Å². The number of carbonyl (C=O) groups is 2. The van der Waals surface area contributed by atoms with Gasteiger partial charge < -0.3 is 9.64 Å². The van der Waals surface area contributed by atoms with Crippen molar-refractivity contribution >= 4 is 11.7 Å². The first-order chi connectivity index (χ1) is 13.4. The number of amides is 1. The molecule has 0 aliphatic carbocycles. The van der Waals surface area contributed by atoms with Crippen LogP contribution in [0.25, 0.3) is 0 Å². The van der Waals surface area contributed by atoms with Gasteiger partial charge in [-0.3, -0.25) is 9.59 Å². The fourth-order valence-electron chi connectivity index (χ4n) is 3.19. The molecule has 0 N–H and O–H groups in total. The molecule has 1 atom stereocenters. The summed E-state index contributed by atoms with van der Waals surface area (Å²) in [6.45, 7) is 1.75. The number of hydrogen-bond donors (Lipinski definition) is 0. The molecule has 0 aromatic heterocycles. The predicted molar refractivity (Wildman–Crippen MR) is 97.0 cm³/mol. The molecule has 1 aliphatic rings. The second-order valence-corrected chi connectivity index (χ2v) is 6.60. The van der Waals surface area contributed by atoms with Crippen molar-refractivity contribution in [2.24, 2.45) is 0 Å². The van der Waals surface area contributed by atoms with E-state index in [1.807, 2.05) is 0 Å². The Bertz CT molecular complexity index is 813. The summed E-state index contributed by atoms with van der Waals surface area (Å²) in [5, 5.41) is 0. The molecule has 3 rings (SSSR count). The Balaban J connectivity index is 1.87. The topological polar surface area (TPSA) is 46.6 Å². The standard InChI is InChI=1S/C21H20F3NO3/c22-21(23,24)17-8-6-15(7-9-17)18(20(27)16-4-2-1-3-5-16)14-19(26)25-10-12-28-13-11-25/h1-9,18H,10-14H2. The highest BCUT2D eigenvalue weighted by Crippen LogP contribution is 2.32. The first-order valence-corrected chi connectivity index (χ1v) is 8.98. The van der Waals surface area contributed by atoms with E-state index >= 15 is 0 Å². The van der Waals surface area contributed by atoms with Crippen LogP contribution in [0.3, 0.4) is 0 Å². The molecule has 0 bridgehead atoms. The summed E-state index contributed by atoms with van der Waals surface area (Å²) in [7, 11) is 0. The van der Waals surface area contributed by atoms with Gasteiger partial charge in [-0.05, 0) is 17.7 Å². The Hall–Kier alpha value is -2.67. The summed E-state index contributed by atoms with van der Waals surface area (Å²) in [5.74, 6) is -1.35. The maximum Gasteiger partial charge on any atom is 0.416 e. The fraction of sp³-hybridized carbons (Fsp3) is 0.333. The van der Waals surface area contributed by atoms with E-state index in [1.54, 1.807) is 35.2 Å². The number of rotatable bonds is 5. The van der Waals surface area contributed by atoms with Crippen molar-refractivity contribution < 1.29 is 27.5 Å². The predicted octanol–water partition coefficient (Wildman–Crippen LogP) is 3.92. The molecule has 4 nitrogen and oxygen atoms in total. The monoisotopic (exact) mass is 391 g/mol. The van der Waals surface area contributed by atoms with E-state index in [2.05, 4.69) is 0 Å². The van der Waals surface area contributed by atoms with Crippen molar-refractivity contribution in [2.45, 2.75) is 18.5 Å². The Labute approximate surface area is 160 Å². The van der Waals surface area contributed by atoms with Crippen LogP contribution in [0.2, 0.25) is 0 Å². The molecule has 0 saturated carbocycles. The van der Waals surface area contributed by atoms with Gasteiger partial charge >= 0.3 is 6.18 Å². The maximum atomic E-state index is 13.0. The molecule has 1 saturated heterocycles. The lowest BCUT2D eigenvalue weighted by molar-refractivity contribution is -0.138. The van der Waals surface area contributed by atoms with Gasteiger partial charge in [0.1, 0.15) is 0 Å². The van der Waals surface area contributed by atoms with Crippen LogP contribution >= 0.6 is 0 Å². The van der Waals surface area contributed by atoms with Crippen molar-refractivity contribution in [2.75, 3.05) is 26.3 Å². The summed E-state index contributed by atoms with van der Waals surface area (Å²) in [6, 6.07) is 12.9. The number of carbonyl (C=O) groups excluding carboxylic acids is 2. The smallest absolute Gasteiger partial charge is 0.378 e. The lowest BCUT2D eigenvalue weighted by Gasteiger charge is -2.28. The molecule has 0 radical (unpaired) electrons. The number of Topliss-reactive ketones (excluding diaryl/α,β-unsaturated/α-hetero) is 1. The number of alkyl halides is 3. The summed E-state index contributed by atoms with van der Waals surface area (Å²) < 4.78 is 43.8. The third-order valence-corrected chi connectivity index (χ3v) is 4.76. The molecule has 2 aromatic rings. The molecule has 1 heterocycles. The van der Waals surface area contributed by atoms with Crippen molar-refractivity contribution in [1.29, 1.82) is 0 Å². The zero-order valence-electron chi connectivity index (χ0n) is 15.1. The maximum absolute atomic E-state index is 13.0. The van der Waals surface area contributed by atoms with E-state index in [1.165, 1.54) is 12.1 Å². The third kappa shape index (κ3) is 4.78. The van der Waals surface area contributed by atoms with Crippen LogP contribution in [-0.2, 0) is 15.7 Å². The quantitative estimate of drug-likeness (QED) is 0.726. The van der Waals surface area contributed by atoms with Gasteiger partial charge in [0, 0.05) is 25.1 Å². The molecule has 2 aromatic carbocycles. The van der Waals surface area contributed by atoms with E-state index in [9.17, 15) is 22.8 Å². The van der Waals surface area contributed by atoms with Gasteiger partial charge in [-0.2, -0.15) is 13.2 Å². The first-order valence-electron chi connectivity index (χ1n) is 8.98. The molecule has 7 heteroatoms. The number of ether oxygens (including phenoxy) is 1. The van der Waals surface area contributed by atoms with Crippen molar-refractivity contribution in [3.8, 4) is 0 Å². The molecular weight excluding hydrogens is 371 g/mol. The Morgan fingerprint density at radius 3 is 2.14 bits per heavy atom. The minimum Gasteiger partial charge on any atom is -0.378 e. The molecule has 1 amide bonds. The van der Waals surface area contributed by atoms with Crippen LogP contribution in [0.15, 0.2) is 54.6 Å². The number of hydrogen-bond acceptors (Lipinski definition) is 3. The molecule has 1 unspecified atom stereocenters. The average Bonchev–Trinajstić information content (AvgIpc) is 2.72. The molecule has 148 valence electrons. The van der Waals surface area contributed by atoms with E-state index in [0.29, 0.717) is 37.4 Å². The van der Waals surface area contributed by atoms with Gasteiger partial charge in [0.2, 0.25) is 5.91 Å². The SMILES string of the molecule is O=C(c1ccccc1)C(CC(=O)N1CCOCC1)c1ccc(C(F)(F)F)cc1. The second kappa shape index (κ2) is 8.56. The summed E-state index contributed by atoms with van der Waals surface area (Å²) in [6.07, 6.45) is -4.56. The number of morpholine rings is 1. The lowest BCUT2D eigenvalue weighted by Crippen LogP contribution is -2.41. The zero-order valence-corrected chi connectivity index (χ0v) is 15.1. The second-order valence-electron chi connectivity index (χ2n) is 6.60. The van der Waals surface area contributed by atoms with Gasteiger partial charge in [-0.1, -0.05) is 42.5 Å². The number of nitrogens with zero attached hydrogens (tertiary/aromatic N) is 1. The summed E-state index contributed by atoms with van der Waals surface area (Å²) in [5.41, 5.74) is 0.0207. The van der Waals surface area contributed by atoms with Crippen molar-refractivity contribution in [1.82, 2.24) is 4.90 Å². The van der Waals surface area contributed by atoms with E-state index in [4.69, 9.17) is 4.74 Å². The molecule has 28 heavy (non-hydrogen) atoms. The van der Waals surface area contributed by atoms with E-state index < -0.39 is 17.7 Å². The third-order valence-electron chi connectivity index (χ3n) is 4.76. The number of benzene rings is 2. The average molecular weight is 391 g/mol. The number of ketones is 1. The van der Waals surface area contributed by atoms with Gasteiger partial charge in [0.25, 0.3) is 0 Å². The van der Waals surface area contributed by atoms with Crippen LogP contribution in [0, 0.1) is 0 Å². The highest BCUT2D eigenvalue weighted by atomic mass is 19.4. The van der Waals surface area contributed by atoms with E-state index in [-0.39, 0.29) is 18.1 Å². The normalized spacial score (nSPS) is 15.9. The highest BCUT2D eigenvalue weighted by Gasteiger charge is 2.32. The minimum absolute atomic E-state index is 0.0981. The summed E-state index contributed by atoms with van der Waals surface area (Å²) in [4.78, 5) is 27.3. The minimum atomic E-state index is -4.46. The molecule has 1 aliphatic heterocycles. The van der Waals surface area contributed by atoms with Crippen molar-refractivity contribution in [3.05, 3.63) is 71.3 Å². The number of halogens is 3. The van der Waals surface area contributed by atoms with E-state index in [0.717, 1.165) is 12.1 Å². The van der Waals surface area contributed by atoms with Crippen LogP contribution in [0.5, 0.6) is 0 Å². The Kier molecular flexibility index (Phi) is 6.14. The van der Waals surface area contributed by atoms with Gasteiger partial charge in [-0.15, -0.1) is 0 Å². The van der Waals surface area contributed by atoms with Crippen LogP contribution < -0.4 is 0 Å². The van der Waals surface area contributed by atoms with Gasteiger partial charge in [0.05, 0.1) is 24.7 Å². The van der Waals surface area contributed by atoms with Crippen molar-refractivity contribution in [3.63, 3.8) is 0 Å². The Morgan fingerprint density at radius 2 is 1.57 bits per heavy atom. The fourth-order valence-corrected chi connectivity index (χ4v) is 3.19. The zero-order chi connectivity index (χ0) is 20.1. The first kappa shape index (κ1) is 20.1. The van der Waals surface area contributed by atoms with Crippen LogP contribution in [0.1, 0.15) is 33.8 Å². The molecule has 0 spiro atoms. The van der Waals surface area contributed by atoms with Gasteiger partial charge in [0.15, 0.2) is 5.78 Å². The highest BCUT2D eigenvalue weighted by molar-refractivity contribution is 6.03. The molecular formula is C21H20F3NO3. The van der Waals surface area contributed by atoms with Crippen LogP contribution in [-0.4, -0.2) is 42.9 Å². The molecule has 1 fully saturated rings. The largest absolute Gasteiger partial charge is 0.416 e.